The molecule has 1 aliphatic rings. The van der Waals surface area contributed by atoms with Gasteiger partial charge in [0.25, 0.3) is 0 Å². The lowest BCUT2D eigenvalue weighted by atomic mass is 10.1. The van der Waals surface area contributed by atoms with Crippen molar-refractivity contribution in [2.75, 3.05) is 13.3 Å². The van der Waals surface area contributed by atoms with Crippen molar-refractivity contribution < 1.29 is 4.74 Å². The van der Waals surface area contributed by atoms with E-state index in [0.717, 1.165) is 13.2 Å². The van der Waals surface area contributed by atoms with Gasteiger partial charge in [-0.1, -0.05) is 60.7 Å². The van der Waals surface area contributed by atoms with Gasteiger partial charge in [0.1, 0.15) is 0 Å². The Hall–Kier alpha value is -1.64. The molecule has 0 spiro atoms. The standard InChI is InChI=1S/C16H17NO/c1-3-7-14(8-4-1)11-17-13-18-12-16(17)15-9-5-2-6-10-15/h1-10,16H,11-13H2/t16-/m0/s1. The van der Waals surface area contributed by atoms with E-state index in [1.807, 2.05) is 0 Å². The molecular formula is C16H17NO. The second kappa shape index (κ2) is 5.34. The van der Waals surface area contributed by atoms with Crippen LogP contribution in [0.3, 0.4) is 0 Å². The van der Waals surface area contributed by atoms with Crippen molar-refractivity contribution in [2.45, 2.75) is 12.6 Å². The highest BCUT2D eigenvalue weighted by Crippen LogP contribution is 2.27. The molecule has 0 bridgehead atoms. The molecule has 2 nitrogen and oxygen atoms in total. The lowest BCUT2D eigenvalue weighted by Crippen LogP contribution is -2.23. The van der Waals surface area contributed by atoms with E-state index in [1.165, 1.54) is 11.1 Å². The fourth-order valence-corrected chi connectivity index (χ4v) is 2.43. The topological polar surface area (TPSA) is 12.5 Å². The molecule has 1 fully saturated rings. The average Bonchev–Trinajstić information content (AvgIpc) is 2.89. The van der Waals surface area contributed by atoms with Crippen LogP contribution in [-0.4, -0.2) is 18.2 Å². The van der Waals surface area contributed by atoms with Gasteiger partial charge in [0.2, 0.25) is 0 Å². The van der Waals surface area contributed by atoms with E-state index >= 15 is 0 Å². The molecule has 2 aromatic rings. The van der Waals surface area contributed by atoms with Crippen LogP contribution in [0.5, 0.6) is 0 Å². The summed E-state index contributed by atoms with van der Waals surface area (Å²) in [7, 11) is 0. The van der Waals surface area contributed by atoms with Crippen molar-refractivity contribution in [3.63, 3.8) is 0 Å². The van der Waals surface area contributed by atoms with Gasteiger partial charge in [0.15, 0.2) is 0 Å². The molecule has 0 N–H and O–H groups in total. The minimum atomic E-state index is 0.381. The molecule has 0 aliphatic carbocycles. The van der Waals surface area contributed by atoms with Crippen LogP contribution in [0.15, 0.2) is 60.7 Å². The Morgan fingerprint density at radius 3 is 2.33 bits per heavy atom. The van der Waals surface area contributed by atoms with Crippen molar-refractivity contribution >= 4 is 0 Å². The normalized spacial score (nSPS) is 20.1. The molecule has 0 unspecified atom stereocenters. The average molecular weight is 239 g/mol. The lowest BCUT2D eigenvalue weighted by molar-refractivity contribution is 0.134. The summed E-state index contributed by atoms with van der Waals surface area (Å²) in [6.45, 7) is 2.45. The van der Waals surface area contributed by atoms with Gasteiger partial charge in [-0.15, -0.1) is 0 Å². The Kier molecular flexibility index (Phi) is 3.40. The number of hydrogen-bond acceptors (Lipinski definition) is 2. The quantitative estimate of drug-likeness (QED) is 0.815. The fraction of sp³-hybridized carbons (Fsp3) is 0.250. The molecule has 1 atom stereocenters. The van der Waals surface area contributed by atoms with Gasteiger partial charge in [-0.25, -0.2) is 0 Å². The molecule has 92 valence electrons. The van der Waals surface area contributed by atoms with E-state index in [0.29, 0.717) is 12.8 Å². The van der Waals surface area contributed by atoms with Crippen LogP contribution in [0.1, 0.15) is 17.2 Å². The van der Waals surface area contributed by atoms with Crippen LogP contribution < -0.4 is 0 Å². The lowest BCUT2D eigenvalue weighted by Gasteiger charge is -2.22. The Balaban J connectivity index is 1.76. The molecule has 18 heavy (non-hydrogen) atoms. The third-order valence-electron chi connectivity index (χ3n) is 3.39. The molecule has 1 saturated heterocycles. The van der Waals surface area contributed by atoms with Crippen LogP contribution >= 0.6 is 0 Å². The van der Waals surface area contributed by atoms with E-state index in [2.05, 4.69) is 65.6 Å². The fourth-order valence-electron chi connectivity index (χ4n) is 2.43. The van der Waals surface area contributed by atoms with Crippen LogP contribution in [0.25, 0.3) is 0 Å². The summed E-state index contributed by atoms with van der Waals surface area (Å²) in [6.07, 6.45) is 0. The predicted octanol–water partition coefficient (Wildman–Crippen LogP) is 3.22. The highest BCUT2D eigenvalue weighted by molar-refractivity contribution is 5.21. The maximum Gasteiger partial charge on any atom is 0.0999 e. The molecule has 2 aromatic carbocycles. The summed E-state index contributed by atoms with van der Waals surface area (Å²) >= 11 is 0. The molecule has 1 heterocycles. The molecule has 0 amide bonds. The summed E-state index contributed by atoms with van der Waals surface area (Å²) in [6, 6.07) is 21.5. The van der Waals surface area contributed by atoms with Crippen molar-refractivity contribution in [1.82, 2.24) is 4.90 Å². The molecule has 1 aliphatic heterocycles. The van der Waals surface area contributed by atoms with E-state index in [-0.39, 0.29) is 0 Å². The van der Waals surface area contributed by atoms with Gasteiger partial charge >= 0.3 is 0 Å². The van der Waals surface area contributed by atoms with E-state index < -0.39 is 0 Å². The molecule has 0 aromatic heterocycles. The van der Waals surface area contributed by atoms with Crippen LogP contribution in [0.4, 0.5) is 0 Å². The van der Waals surface area contributed by atoms with Gasteiger partial charge in [-0.2, -0.15) is 0 Å². The van der Waals surface area contributed by atoms with Crippen molar-refractivity contribution in [3.05, 3.63) is 71.8 Å². The van der Waals surface area contributed by atoms with Crippen LogP contribution in [0.2, 0.25) is 0 Å². The maximum atomic E-state index is 5.62. The SMILES string of the molecule is c1ccc(CN2COC[C@H]2c2ccccc2)cc1. The first kappa shape index (κ1) is 11.5. The van der Waals surface area contributed by atoms with Gasteiger partial charge < -0.3 is 4.74 Å². The number of hydrogen-bond donors (Lipinski definition) is 0. The highest BCUT2D eigenvalue weighted by atomic mass is 16.5. The second-order valence-electron chi connectivity index (χ2n) is 4.66. The van der Waals surface area contributed by atoms with E-state index in [4.69, 9.17) is 4.74 Å². The van der Waals surface area contributed by atoms with Crippen molar-refractivity contribution in [2.24, 2.45) is 0 Å². The van der Waals surface area contributed by atoms with Gasteiger partial charge in [0, 0.05) is 6.54 Å². The van der Waals surface area contributed by atoms with E-state index in [9.17, 15) is 0 Å². The molecule has 2 heteroatoms. The highest BCUT2D eigenvalue weighted by Gasteiger charge is 2.26. The van der Waals surface area contributed by atoms with E-state index in [1.54, 1.807) is 0 Å². The third kappa shape index (κ3) is 2.45. The predicted molar refractivity (Wildman–Crippen MR) is 72.0 cm³/mol. The number of benzene rings is 2. The summed E-state index contributed by atoms with van der Waals surface area (Å²) in [4.78, 5) is 2.38. The summed E-state index contributed by atoms with van der Waals surface area (Å²) < 4.78 is 5.62. The van der Waals surface area contributed by atoms with Crippen LogP contribution in [0, 0.1) is 0 Å². The molecule has 0 radical (unpaired) electrons. The van der Waals surface area contributed by atoms with Gasteiger partial charge in [-0.3, -0.25) is 4.90 Å². The van der Waals surface area contributed by atoms with Crippen LogP contribution in [-0.2, 0) is 11.3 Å². The molecule has 0 saturated carbocycles. The minimum absolute atomic E-state index is 0.381. The van der Waals surface area contributed by atoms with Gasteiger partial charge in [-0.05, 0) is 11.1 Å². The second-order valence-corrected chi connectivity index (χ2v) is 4.66. The summed E-state index contributed by atoms with van der Waals surface area (Å²) in [5.41, 5.74) is 2.68. The minimum Gasteiger partial charge on any atom is -0.364 e. The monoisotopic (exact) mass is 239 g/mol. The Morgan fingerprint density at radius 2 is 1.61 bits per heavy atom. The zero-order chi connectivity index (χ0) is 12.2. The first-order valence-corrected chi connectivity index (χ1v) is 6.34. The molecular weight excluding hydrogens is 222 g/mol. The number of rotatable bonds is 3. The zero-order valence-electron chi connectivity index (χ0n) is 10.3. The summed E-state index contributed by atoms with van der Waals surface area (Å²) in [5.74, 6) is 0. The van der Waals surface area contributed by atoms with Crippen molar-refractivity contribution in [3.8, 4) is 0 Å². The number of ether oxygens (including phenoxy) is 1. The molecule has 3 rings (SSSR count). The Morgan fingerprint density at radius 1 is 0.944 bits per heavy atom. The largest absolute Gasteiger partial charge is 0.364 e. The first-order valence-electron chi connectivity index (χ1n) is 6.34. The smallest absolute Gasteiger partial charge is 0.0999 e. The third-order valence-corrected chi connectivity index (χ3v) is 3.39. The zero-order valence-corrected chi connectivity index (χ0v) is 10.3. The number of nitrogens with zero attached hydrogens (tertiary/aromatic N) is 1. The Bertz CT molecular complexity index is 483. The van der Waals surface area contributed by atoms with Gasteiger partial charge in [0.05, 0.1) is 19.4 Å². The maximum absolute atomic E-state index is 5.62. The first-order chi connectivity index (χ1) is 8.93. The summed E-state index contributed by atoms with van der Waals surface area (Å²) in [5, 5.41) is 0. The van der Waals surface area contributed by atoms with Crippen molar-refractivity contribution in [1.29, 1.82) is 0 Å². The Labute approximate surface area is 108 Å².